The van der Waals surface area contributed by atoms with Crippen molar-refractivity contribution in [1.82, 2.24) is 5.16 Å². The summed E-state index contributed by atoms with van der Waals surface area (Å²) in [5.74, 6) is 1.26. The molecule has 1 aliphatic heterocycles. The maximum Gasteiger partial charge on any atom is 0.416 e. The Bertz CT molecular complexity index is 1010. The van der Waals surface area contributed by atoms with E-state index in [9.17, 15) is 18.0 Å². The number of carbonyl (C=O) groups excluding carboxylic acids is 1. The Labute approximate surface area is 156 Å². The first-order valence-electron chi connectivity index (χ1n) is 8.21. The molecule has 4 rings (SSSR count). The number of amides is 1. The average molecular weight is 390 g/mol. The fraction of sp³-hybridized carbons (Fsp3) is 0.158. The van der Waals surface area contributed by atoms with Gasteiger partial charge in [0.05, 0.1) is 17.7 Å². The number of alkyl halides is 3. The van der Waals surface area contributed by atoms with Gasteiger partial charge in [-0.1, -0.05) is 5.16 Å². The van der Waals surface area contributed by atoms with Crippen LogP contribution in [-0.2, 0) is 17.4 Å². The lowest BCUT2D eigenvalue weighted by atomic mass is 10.1. The molecule has 2 aromatic carbocycles. The maximum absolute atomic E-state index is 12.6. The summed E-state index contributed by atoms with van der Waals surface area (Å²) in [6, 6.07) is 11.1. The van der Waals surface area contributed by atoms with E-state index in [2.05, 4.69) is 10.5 Å². The Morgan fingerprint density at radius 3 is 2.54 bits per heavy atom. The lowest BCUT2D eigenvalue weighted by molar-refractivity contribution is -0.137. The molecule has 0 atom stereocenters. The molecular weight excluding hydrogens is 377 g/mol. The highest BCUT2D eigenvalue weighted by atomic mass is 19.4. The number of nitrogens with one attached hydrogen (secondary N) is 1. The number of halogens is 3. The number of nitrogens with zero attached hydrogens (tertiary/aromatic N) is 1. The second-order valence-electron chi connectivity index (χ2n) is 6.05. The zero-order valence-corrected chi connectivity index (χ0v) is 14.2. The van der Waals surface area contributed by atoms with Crippen molar-refractivity contribution in [1.29, 1.82) is 0 Å². The molecule has 0 saturated heterocycles. The number of aromatic nitrogens is 1. The van der Waals surface area contributed by atoms with Crippen molar-refractivity contribution in [3.05, 3.63) is 59.8 Å². The van der Waals surface area contributed by atoms with Crippen LogP contribution in [0.25, 0.3) is 11.3 Å². The van der Waals surface area contributed by atoms with Crippen LogP contribution >= 0.6 is 0 Å². The molecule has 0 aliphatic carbocycles. The van der Waals surface area contributed by atoms with Crippen molar-refractivity contribution < 1.29 is 32.0 Å². The number of hydrogen-bond donors (Lipinski definition) is 1. The summed E-state index contributed by atoms with van der Waals surface area (Å²) in [5.41, 5.74) is 0.580. The Hall–Kier alpha value is -3.49. The molecule has 0 bridgehead atoms. The number of fused-ring (bicyclic) bond motifs is 1. The van der Waals surface area contributed by atoms with Crippen LogP contribution in [0.1, 0.15) is 11.3 Å². The molecule has 0 radical (unpaired) electrons. The predicted octanol–water partition coefficient (Wildman–Crippen LogP) is 4.27. The number of hydrogen-bond acceptors (Lipinski definition) is 5. The van der Waals surface area contributed by atoms with E-state index in [0.717, 1.165) is 12.1 Å². The largest absolute Gasteiger partial charge is 0.454 e. The fourth-order valence-corrected chi connectivity index (χ4v) is 2.69. The summed E-state index contributed by atoms with van der Waals surface area (Å²) in [7, 11) is 0. The smallest absolute Gasteiger partial charge is 0.416 e. The van der Waals surface area contributed by atoms with Gasteiger partial charge in [0.15, 0.2) is 17.3 Å². The van der Waals surface area contributed by atoms with Gasteiger partial charge < -0.3 is 19.3 Å². The Morgan fingerprint density at radius 1 is 1.04 bits per heavy atom. The van der Waals surface area contributed by atoms with Crippen molar-refractivity contribution >= 4 is 11.6 Å². The monoisotopic (exact) mass is 390 g/mol. The van der Waals surface area contributed by atoms with E-state index in [1.165, 1.54) is 12.1 Å². The van der Waals surface area contributed by atoms with Crippen molar-refractivity contribution in [3.8, 4) is 22.8 Å². The van der Waals surface area contributed by atoms with E-state index in [1.807, 2.05) is 0 Å². The molecule has 0 spiro atoms. The molecule has 28 heavy (non-hydrogen) atoms. The van der Waals surface area contributed by atoms with Crippen LogP contribution in [0.5, 0.6) is 11.5 Å². The quantitative estimate of drug-likeness (QED) is 0.720. The van der Waals surface area contributed by atoms with Gasteiger partial charge in [-0.15, -0.1) is 0 Å². The fourth-order valence-electron chi connectivity index (χ4n) is 2.69. The zero-order valence-electron chi connectivity index (χ0n) is 14.2. The summed E-state index contributed by atoms with van der Waals surface area (Å²) in [4.78, 5) is 12.1. The van der Waals surface area contributed by atoms with E-state index in [0.29, 0.717) is 28.5 Å². The van der Waals surface area contributed by atoms with Crippen LogP contribution in [0.4, 0.5) is 18.9 Å². The maximum atomic E-state index is 12.6. The minimum Gasteiger partial charge on any atom is -0.454 e. The van der Waals surface area contributed by atoms with Crippen LogP contribution in [0, 0.1) is 0 Å². The number of ether oxygens (including phenoxy) is 2. The zero-order chi connectivity index (χ0) is 19.7. The SMILES string of the molecule is O=C(Cc1cc(-c2ccc3c(c2)OCO3)on1)Nc1ccc(C(F)(F)F)cc1. The topological polar surface area (TPSA) is 73.6 Å². The van der Waals surface area contributed by atoms with E-state index in [1.54, 1.807) is 24.3 Å². The Balaban J connectivity index is 1.40. The Morgan fingerprint density at radius 2 is 1.79 bits per heavy atom. The van der Waals surface area contributed by atoms with Crippen molar-refractivity contribution in [2.75, 3.05) is 12.1 Å². The molecule has 2 heterocycles. The number of rotatable bonds is 4. The molecule has 6 nitrogen and oxygen atoms in total. The molecule has 3 aromatic rings. The standard InChI is InChI=1S/C19H13F3N2O4/c20-19(21,22)12-2-4-13(5-3-12)23-18(25)9-14-8-16(28-24-14)11-1-6-15-17(7-11)27-10-26-15/h1-8H,9-10H2,(H,23,25). The van der Waals surface area contributed by atoms with E-state index >= 15 is 0 Å². The minimum atomic E-state index is -4.42. The summed E-state index contributed by atoms with van der Waals surface area (Å²) >= 11 is 0. The lowest BCUT2D eigenvalue weighted by Gasteiger charge is -2.08. The van der Waals surface area contributed by atoms with Gasteiger partial charge in [-0.3, -0.25) is 4.79 Å². The van der Waals surface area contributed by atoms with Crippen LogP contribution in [-0.4, -0.2) is 17.9 Å². The highest BCUT2D eigenvalue weighted by Gasteiger charge is 2.30. The highest BCUT2D eigenvalue weighted by Crippen LogP contribution is 2.36. The molecular formula is C19H13F3N2O4. The van der Waals surface area contributed by atoms with Gasteiger partial charge in [-0.25, -0.2) is 0 Å². The van der Waals surface area contributed by atoms with Crippen molar-refractivity contribution in [2.45, 2.75) is 12.6 Å². The third-order valence-corrected chi connectivity index (χ3v) is 4.05. The van der Waals surface area contributed by atoms with Crippen LogP contribution < -0.4 is 14.8 Å². The third-order valence-electron chi connectivity index (χ3n) is 4.05. The van der Waals surface area contributed by atoms with E-state index in [4.69, 9.17) is 14.0 Å². The van der Waals surface area contributed by atoms with Crippen molar-refractivity contribution in [3.63, 3.8) is 0 Å². The summed E-state index contributed by atoms with van der Waals surface area (Å²) in [5, 5.41) is 6.39. The Kier molecular flexibility index (Phi) is 4.42. The number of anilines is 1. The first-order valence-corrected chi connectivity index (χ1v) is 8.21. The summed E-state index contributed by atoms with van der Waals surface area (Å²) < 4.78 is 53.5. The number of benzene rings is 2. The van der Waals surface area contributed by atoms with Gasteiger partial charge in [0, 0.05) is 17.3 Å². The molecule has 1 aromatic heterocycles. The lowest BCUT2D eigenvalue weighted by Crippen LogP contribution is -2.14. The van der Waals surface area contributed by atoms with E-state index < -0.39 is 17.6 Å². The van der Waals surface area contributed by atoms with Gasteiger partial charge >= 0.3 is 6.18 Å². The molecule has 144 valence electrons. The van der Waals surface area contributed by atoms with E-state index in [-0.39, 0.29) is 18.9 Å². The second-order valence-corrected chi connectivity index (χ2v) is 6.05. The van der Waals surface area contributed by atoms with Gasteiger partial charge in [0.2, 0.25) is 12.7 Å². The van der Waals surface area contributed by atoms with Crippen LogP contribution in [0.15, 0.2) is 53.1 Å². The summed E-state index contributed by atoms with van der Waals surface area (Å²) in [6.45, 7) is 0.157. The van der Waals surface area contributed by atoms with Gasteiger partial charge in [-0.05, 0) is 42.5 Å². The predicted molar refractivity (Wildman–Crippen MR) is 91.8 cm³/mol. The second kappa shape index (κ2) is 6.91. The van der Waals surface area contributed by atoms with Gasteiger partial charge in [0.1, 0.15) is 0 Å². The highest BCUT2D eigenvalue weighted by molar-refractivity contribution is 5.92. The molecule has 1 N–H and O–H groups in total. The molecule has 0 unspecified atom stereocenters. The van der Waals surface area contributed by atoms with Crippen LogP contribution in [0.3, 0.4) is 0 Å². The molecule has 1 amide bonds. The minimum absolute atomic E-state index is 0.0882. The van der Waals surface area contributed by atoms with Gasteiger partial charge in [-0.2, -0.15) is 13.2 Å². The third kappa shape index (κ3) is 3.78. The summed E-state index contributed by atoms with van der Waals surface area (Å²) in [6.07, 6.45) is -4.51. The first kappa shape index (κ1) is 17.9. The average Bonchev–Trinajstić information content (AvgIpc) is 3.29. The number of carbonyl (C=O) groups is 1. The van der Waals surface area contributed by atoms with Crippen LogP contribution in [0.2, 0.25) is 0 Å². The first-order chi connectivity index (χ1) is 13.4. The van der Waals surface area contributed by atoms with Gasteiger partial charge in [0.25, 0.3) is 0 Å². The molecule has 0 fully saturated rings. The normalized spacial score (nSPS) is 12.8. The molecule has 0 saturated carbocycles. The molecule has 1 aliphatic rings. The van der Waals surface area contributed by atoms with Crippen molar-refractivity contribution in [2.24, 2.45) is 0 Å². The molecule has 9 heteroatoms.